The van der Waals surface area contributed by atoms with Gasteiger partial charge in [0.1, 0.15) is 0 Å². The first-order chi connectivity index (χ1) is 8.47. The van der Waals surface area contributed by atoms with E-state index in [-0.39, 0.29) is 5.41 Å². The predicted molar refractivity (Wildman–Crippen MR) is 78.7 cm³/mol. The van der Waals surface area contributed by atoms with Crippen LogP contribution in [0.2, 0.25) is 0 Å². The lowest BCUT2D eigenvalue weighted by atomic mass is 9.77. The molecule has 1 fully saturated rings. The average molecular weight is 248 g/mol. The van der Waals surface area contributed by atoms with Crippen molar-refractivity contribution in [3.8, 4) is 0 Å². The van der Waals surface area contributed by atoms with Crippen molar-refractivity contribution >= 4 is 0 Å². The molecule has 0 amide bonds. The summed E-state index contributed by atoms with van der Waals surface area (Å²) in [7, 11) is 0. The van der Waals surface area contributed by atoms with Gasteiger partial charge in [-0.2, -0.15) is 0 Å². The van der Waals surface area contributed by atoms with Gasteiger partial charge in [0.25, 0.3) is 0 Å². The molecule has 102 valence electrons. The summed E-state index contributed by atoms with van der Waals surface area (Å²) >= 11 is 0. The standard InChI is InChI=1S/C16H28N2/c1-12-5-6-14(16(2,3)4)15(11-12)18-13-7-9-17-10-8-13/h5-6,13,15,17-18H,7-11H2,1-4H3. The molecule has 1 aliphatic heterocycles. The zero-order chi connectivity index (χ0) is 13.2. The van der Waals surface area contributed by atoms with Crippen LogP contribution in [-0.4, -0.2) is 25.2 Å². The molecule has 0 radical (unpaired) electrons. The zero-order valence-electron chi connectivity index (χ0n) is 12.3. The molecule has 0 aromatic carbocycles. The second-order valence-electron chi connectivity index (χ2n) is 6.83. The van der Waals surface area contributed by atoms with Crippen molar-refractivity contribution in [1.82, 2.24) is 10.6 Å². The Hall–Kier alpha value is -0.600. The van der Waals surface area contributed by atoms with Crippen LogP contribution in [0.5, 0.6) is 0 Å². The van der Waals surface area contributed by atoms with Crippen molar-refractivity contribution in [2.45, 2.75) is 59.0 Å². The van der Waals surface area contributed by atoms with Crippen molar-refractivity contribution in [2.24, 2.45) is 5.41 Å². The number of hydrogen-bond donors (Lipinski definition) is 2. The molecule has 0 bridgehead atoms. The Morgan fingerprint density at radius 1 is 1.17 bits per heavy atom. The number of rotatable bonds is 2. The molecular formula is C16H28N2. The summed E-state index contributed by atoms with van der Waals surface area (Å²) in [6, 6.07) is 1.23. The van der Waals surface area contributed by atoms with Crippen LogP contribution in [-0.2, 0) is 0 Å². The van der Waals surface area contributed by atoms with E-state index < -0.39 is 0 Å². The van der Waals surface area contributed by atoms with Gasteiger partial charge in [-0.15, -0.1) is 0 Å². The zero-order valence-corrected chi connectivity index (χ0v) is 12.3. The van der Waals surface area contributed by atoms with Gasteiger partial charge in [0.2, 0.25) is 0 Å². The lowest BCUT2D eigenvalue weighted by molar-refractivity contribution is 0.334. The Kier molecular flexibility index (Phi) is 4.29. The lowest BCUT2D eigenvalue weighted by Gasteiger charge is -2.37. The summed E-state index contributed by atoms with van der Waals surface area (Å²) in [6.45, 7) is 11.5. The van der Waals surface area contributed by atoms with Crippen molar-refractivity contribution in [1.29, 1.82) is 0 Å². The molecular weight excluding hydrogens is 220 g/mol. The van der Waals surface area contributed by atoms with E-state index in [2.05, 4.69) is 50.5 Å². The number of allylic oxidation sites excluding steroid dienone is 2. The summed E-state index contributed by atoms with van der Waals surface area (Å²) < 4.78 is 0. The van der Waals surface area contributed by atoms with Crippen LogP contribution < -0.4 is 10.6 Å². The first-order valence-electron chi connectivity index (χ1n) is 7.31. The highest BCUT2D eigenvalue weighted by Crippen LogP contribution is 2.33. The van der Waals surface area contributed by atoms with E-state index in [1.165, 1.54) is 24.8 Å². The maximum absolute atomic E-state index is 3.90. The minimum absolute atomic E-state index is 0.266. The molecule has 1 heterocycles. The van der Waals surface area contributed by atoms with E-state index in [1.54, 1.807) is 5.57 Å². The highest BCUT2D eigenvalue weighted by molar-refractivity contribution is 5.32. The van der Waals surface area contributed by atoms with Crippen molar-refractivity contribution in [3.63, 3.8) is 0 Å². The molecule has 1 atom stereocenters. The Labute approximate surface area is 112 Å². The van der Waals surface area contributed by atoms with Crippen LogP contribution in [0.4, 0.5) is 0 Å². The topological polar surface area (TPSA) is 24.1 Å². The van der Waals surface area contributed by atoms with Crippen molar-refractivity contribution < 1.29 is 0 Å². The second kappa shape index (κ2) is 5.58. The Morgan fingerprint density at radius 2 is 1.83 bits per heavy atom. The van der Waals surface area contributed by atoms with E-state index in [0.717, 1.165) is 13.1 Å². The quantitative estimate of drug-likeness (QED) is 0.785. The number of nitrogens with one attached hydrogen (secondary N) is 2. The Bertz CT molecular complexity index is 341. The van der Waals surface area contributed by atoms with Gasteiger partial charge < -0.3 is 10.6 Å². The molecule has 2 nitrogen and oxygen atoms in total. The minimum atomic E-state index is 0.266. The van der Waals surface area contributed by atoms with Crippen LogP contribution in [0.15, 0.2) is 23.3 Å². The first kappa shape index (κ1) is 13.8. The van der Waals surface area contributed by atoms with Crippen LogP contribution >= 0.6 is 0 Å². The van der Waals surface area contributed by atoms with Crippen LogP contribution in [0.25, 0.3) is 0 Å². The molecule has 1 saturated heterocycles. The molecule has 0 spiro atoms. The first-order valence-corrected chi connectivity index (χ1v) is 7.31. The fraction of sp³-hybridized carbons (Fsp3) is 0.750. The van der Waals surface area contributed by atoms with Gasteiger partial charge in [0.05, 0.1) is 0 Å². The molecule has 2 N–H and O–H groups in total. The molecule has 1 unspecified atom stereocenters. The summed E-state index contributed by atoms with van der Waals surface area (Å²) in [5.74, 6) is 0. The lowest BCUT2D eigenvalue weighted by Crippen LogP contribution is -2.47. The highest BCUT2D eigenvalue weighted by atomic mass is 15.0. The minimum Gasteiger partial charge on any atom is -0.317 e. The largest absolute Gasteiger partial charge is 0.317 e. The van der Waals surface area contributed by atoms with Gasteiger partial charge in [-0.05, 0) is 50.3 Å². The normalized spacial score (nSPS) is 26.8. The van der Waals surface area contributed by atoms with Gasteiger partial charge in [-0.25, -0.2) is 0 Å². The van der Waals surface area contributed by atoms with Crippen LogP contribution in [0.3, 0.4) is 0 Å². The summed E-state index contributed by atoms with van der Waals surface area (Å²) in [5, 5.41) is 7.33. The maximum Gasteiger partial charge on any atom is 0.0327 e. The van der Waals surface area contributed by atoms with E-state index >= 15 is 0 Å². The smallest absolute Gasteiger partial charge is 0.0327 e. The Morgan fingerprint density at radius 3 is 2.44 bits per heavy atom. The van der Waals surface area contributed by atoms with E-state index in [9.17, 15) is 0 Å². The van der Waals surface area contributed by atoms with Crippen LogP contribution in [0, 0.1) is 5.41 Å². The second-order valence-corrected chi connectivity index (χ2v) is 6.83. The summed E-state index contributed by atoms with van der Waals surface area (Å²) in [4.78, 5) is 0. The predicted octanol–water partition coefficient (Wildman–Crippen LogP) is 3.02. The third-order valence-corrected chi connectivity index (χ3v) is 4.09. The van der Waals surface area contributed by atoms with Gasteiger partial charge >= 0.3 is 0 Å². The molecule has 2 heteroatoms. The summed E-state index contributed by atoms with van der Waals surface area (Å²) in [5.41, 5.74) is 3.32. The number of piperidine rings is 1. The molecule has 1 aliphatic carbocycles. The molecule has 18 heavy (non-hydrogen) atoms. The van der Waals surface area contributed by atoms with E-state index in [4.69, 9.17) is 0 Å². The molecule has 0 aromatic rings. The van der Waals surface area contributed by atoms with E-state index in [1.807, 2.05) is 0 Å². The molecule has 2 aliphatic rings. The van der Waals surface area contributed by atoms with Gasteiger partial charge in [0.15, 0.2) is 0 Å². The SMILES string of the molecule is CC1=CC=C(C(C)(C)C)C(NC2CCNCC2)C1. The maximum atomic E-state index is 3.90. The monoisotopic (exact) mass is 248 g/mol. The van der Waals surface area contributed by atoms with Gasteiger partial charge in [0, 0.05) is 12.1 Å². The molecule has 2 rings (SSSR count). The van der Waals surface area contributed by atoms with Crippen molar-refractivity contribution in [3.05, 3.63) is 23.3 Å². The van der Waals surface area contributed by atoms with Crippen LogP contribution in [0.1, 0.15) is 47.0 Å². The average Bonchev–Trinajstić information content (AvgIpc) is 2.28. The van der Waals surface area contributed by atoms with E-state index in [0.29, 0.717) is 12.1 Å². The fourth-order valence-corrected chi connectivity index (χ4v) is 3.04. The third kappa shape index (κ3) is 3.46. The molecule has 0 aromatic heterocycles. The molecule has 0 saturated carbocycles. The van der Waals surface area contributed by atoms with Gasteiger partial charge in [-0.3, -0.25) is 0 Å². The summed E-state index contributed by atoms with van der Waals surface area (Å²) in [6.07, 6.45) is 8.33. The fourth-order valence-electron chi connectivity index (χ4n) is 3.04. The van der Waals surface area contributed by atoms with Gasteiger partial charge in [-0.1, -0.05) is 38.5 Å². The van der Waals surface area contributed by atoms with Crippen molar-refractivity contribution in [2.75, 3.05) is 13.1 Å². The third-order valence-electron chi connectivity index (χ3n) is 4.09. The highest BCUT2D eigenvalue weighted by Gasteiger charge is 2.28. The Balaban J connectivity index is 2.05. The number of hydrogen-bond acceptors (Lipinski definition) is 2.